The van der Waals surface area contributed by atoms with Crippen LogP contribution in [0.1, 0.15) is 42.6 Å². The molecule has 0 spiro atoms. The van der Waals surface area contributed by atoms with Crippen LogP contribution in [0.3, 0.4) is 0 Å². The summed E-state index contributed by atoms with van der Waals surface area (Å²) in [6, 6.07) is 0.674. The van der Waals surface area contributed by atoms with E-state index in [0.29, 0.717) is 6.04 Å². The van der Waals surface area contributed by atoms with Crippen molar-refractivity contribution in [2.24, 2.45) is 0 Å². The van der Waals surface area contributed by atoms with Crippen LogP contribution in [0.5, 0.6) is 0 Å². The summed E-state index contributed by atoms with van der Waals surface area (Å²) in [5.74, 6) is 0. The van der Waals surface area contributed by atoms with Gasteiger partial charge in [0.1, 0.15) is 0 Å². The number of aromatic nitrogens is 2. The number of aryl methyl sites for hydroxylation is 2. The highest BCUT2D eigenvalue weighted by Gasteiger charge is 2.24. The fourth-order valence-corrected chi connectivity index (χ4v) is 3.64. The van der Waals surface area contributed by atoms with E-state index >= 15 is 0 Å². The van der Waals surface area contributed by atoms with Crippen LogP contribution in [0.15, 0.2) is 0 Å². The molecule has 2 atom stereocenters. The second-order valence-electron chi connectivity index (χ2n) is 4.96. The van der Waals surface area contributed by atoms with Gasteiger partial charge >= 0.3 is 0 Å². The first-order valence-electron chi connectivity index (χ1n) is 6.49. The van der Waals surface area contributed by atoms with Crippen molar-refractivity contribution in [3.05, 3.63) is 17.0 Å². The third kappa shape index (κ3) is 3.05. The van der Waals surface area contributed by atoms with E-state index in [-0.39, 0.29) is 0 Å². The molecule has 0 saturated heterocycles. The zero-order valence-electron chi connectivity index (χ0n) is 11.0. The van der Waals surface area contributed by atoms with Gasteiger partial charge in [0.25, 0.3) is 0 Å². The summed E-state index contributed by atoms with van der Waals surface area (Å²) in [7, 11) is 0. The molecule has 1 fully saturated rings. The molecule has 0 aliphatic heterocycles. The van der Waals surface area contributed by atoms with Crippen molar-refractivity contribution in [3.8, 4) is 0 Å². The Bertz CT molecular complexity index is 342. The Morgan fingerprint density at radius 2 is 2.12 bits per heavy atom. The lowest BCUT2D eigenvalue weighted by molar-refractivity contribution is 0.382. The van der Waals surface area contributed by atoms with Crippen LogP contribution in [0.25, 0.3) is 0 Å². The Morgan fingerprint density at radius 1 is 1.35 bits per heavy atom. The monoisotopic (exact) mass is 253 g/mol. The van der Waals surface area contributed by atoms with Crippen molar-refractivity contribution in [1.82, 2.24) is 15.5 Å². The fourth-order valence-electron chi connectivity index (χ4n) is 2.68. The van der Waals surface area contributed by atoms with E-state index in [1.807, 2.05) is 11.8 Å². The first-order chi connectivity index (χ1) is 8.22. The predicted molar refractivity (Wildman–Crippen MR) is 74.5 cm³/mol. The largest absolute Gasteiger partial charge is 0.309 e. The van der Waals surface area contributed by atoms with Crippen molar-refractivity contribution < 1.29 is 0 Å². The lowest BCUT2D eigenvalue weighted by atomic mass is 9.94. The Balaban J connectivity index is 1.92. The molecule has 1 aliphatic carbocycles. The molecule has 1 saturated carbocycles. The van der Waals surface area contributed by atoms with Crippen molar-refractivity contribution in [1.29, 1.82) is 0 Å². The standard InChI is InChI=1S/C13H23N3S/c1-9-11(10(2)16-15-9)8-14-12-6-4-5-7-13(12)17-3/h12-14H,4-8H2,1-3H3,(H,15,16). The maximum absolute atomic E-state index is 4.25. The van der Waals surface area contributed by atoms with E-state index in [4.69, 9.17) is 0 Å². The summed E-state index contributed by atoms with van der Waals surface area (Å²) in [6.45, 7) is 5.13. The molecule has 2 rings (SSSR count). The van der Waals surface area contributed by atoms with E-state index < -0.39 is 0 Å². The summed E-state index contributed by atoms with van der Waals surface area (Å²) >= 11 is 2.01. The third-order valence-electron chi connectivity index (χ3n) is 3.83. The highest BCUT2D eigenvalue weighted by Crippen LogP contribution is 2.27. The Morgan fingerprint density at radius 3 is 2.76 bits per heavy atom. The van der Waals surface area contributed by atoms with Crippen molar-refractivity contribution in [3.63, 3.8) is 0 Å². The maximum atomic E-state index is 4.25. The summed E-state index contributed by atoms with van der Waals surface area (Å²) in [5.41, 5.74) is 3.67. The average molecular weight is 253 g/mol. The van der Waals surface area contributed by atoms with Crippen LogP contribution < -0.4 is 5.32 Å². The molecule has 1 heterocycles. The van der Waals surface area contributed by atoms with Gasteiger partial charge in [-0.05, 0) is 32.9 Å². The molecule has 1 aromatic rings. The Kier molecular flexibility index (Phi) is 4.51. The van der Waals surface area contributed by atoms with Crippen LogP contribution in [0, 0.1) is 13.8 Å². The molecular formula is C13H23N3S. The first-order valence-corrected chi connectivity index (χ1v) is 7.77. The number of rotatable bonds is 4. The molecule has 96 valence electrons. The van der Waals surface area contributed by atoms with Crippen LogP contribution in [0.4, 0.5) is 0 Å². The minimum atomic E-state index is 0.674. The highest BCUT2D eigenvalue weighted by molar-refractivity contribution is 7.99. The summed E-state index contributed by atoms with van der Waals surface area (Å²) in [4.78, 5) is 0. The molecule has 0 radical (unpaired) electrons. The normalized spacial score (nSPS) is 25.1. The number of aromatic amines is 1. The SMILES string of the molecule is CSC1CCCCC1NCc1c(C)n[nH]c1C. The second kappa shape index (κ2) is 5.91. The molecule has 0 amide bonds. The van der Waals surface area contributed by atoms with E-state index in [2.05, 4.69) is 35.6 Å². The van der Waals surface area contributed by atoms with E-state index in [1.165, 1.54) is 36.9 Å². The molecule has 17 heavy (non-hydrogen) atoms. The van der Waals surface area contributed by atoms with Gasteiger partial charge in [-0.1, -0.05) is 12.8 Å². The van der Waals surface area contributed by atoms with Crippen LogP contribution >= 0.6 is 11.8 Å². The summed E-state index contributed by atoms with van der Waals surface area (Å²) in [5, 5.41) is 11.8. The average Bonchev–Trinajstić information content (AvgIpc) is 2.67. The Labute approximate surface area is 108 Å². The molecule has 2 unspecified atom stereocenters. The lowest BCUT2D eigenvalue weighted by Gasteiger charge is -2.31. The van der Waals surface area contributed by atoms with Gasteiger partial charge in [0.2, 0.25) is 0 Å². The van der Waals surface area contributed by atoms with Gasteiger partial charge < -0.3 is 5.32 Å². The van der Waals surface area contributed by atoms with Gasteiger partial charge in [-0.15, -0.1) is 0 Å². The van der Waals surface area contributed by atoms with Gasteiger partial charge in [0, 0.05) is 29.1 Å². The number of hydrogen-bond acceptors (Lipinski definition) is 3. The minimum absolute atomic E-state index is 0.674. The van der Waals surface area contributed by atoms with Crippen molar-refractivity contribution in [2.45, 2.75) is 57.4 Å². The minimum Gasteiger partial charge on any atom is -0.309 e. The number of nitrogens with one attached hydrogen (secondary N) is 2. The van der Waals surface area contributed by atoms with Crippen molar-refractivity contribution in [2.75, 3.05) is 6.26 Å². The van der Waals surface area contributed by atoms with Gasteiger partial charge in [-0.2, -0.15) is 16.9 Å². The molecule has 1 aliphatic rings. The van der Waals surface area contributed by atoms with Gasteiger partial charge in [0.05, 0.1) is 5.69 Å². The molecule has 0 aromatic carbocycles. The quantitative estimate of drug-likeness (QED) is 0.867. The highest BCUT2D eigenvalue weighted by atomic mass is 32.2. The zero-order valence-corrected chi connectivity index (χ0v) is 11.9. The molecule has 4 heteroatoms. The maximum Gasteiger partial charge on any atom is 0.0638 e. The molecule has 1 aromatic heterocycles. The predicted octanol–water partition coefficient (Wildman–Crippen LogP) is 2.79. The topological polar surface area (TPSA) is 40.7 Å². The van der Waals surface area contributed by atoms with Crippen LogP contribution in [-0.4, -0.2) is 27.7 Å². The van der Waals surface area contributed by atoms with Gasteiger partial charge in [0.15, 0.2) is 0 Å². The second-order valence-corrected chi connectivity index (χ2v) is 6.04. The van der Waals surface area contributed by atoms with Gasteiger partial charge in [-0.3, -0.25) is 5.10 Å². The number of thioether (sulfide) groups is 1. The smallest absolute Gasteiger partial charge is 0.0638 e. The molecular weight excluding hydrogens is 230 g/mol. The van der Waals surface area contributed by atoms with Crippen LogP contribution in [0.2, 0.25) is 0 Å². The molecule has 2 N–H and O–H groups in total. The molecule has 3 nitrogen and oxygen atoms in total. The number of hydrogen-bond donors (Lipinski definition) is 2. The fraction of sp³-hybridized carbons (Fsp3) is 0.769. The van der Waals surface area contributed by atoms with E-state index in [9.17, 15) is 0 Å². The third-order valence-corrected chi connectivity index (χ3v) is 5.00. The van der Waals surface area contributed by atoms with Crippen LogP contribution in [-0.2, 0) is 6.54 Å². The summed E-state index contributed by atoms with van der Waals surface area (Å²) < 4.78 is 0. The van der Waals surface area contributed by atoms with Gasteiger partial charge in [-0.25, -0.2) is 0 Å². The van der Waals surface area contributed by atoms with Crippen molar-refractivity contribution >= 4 is 11.8 Å². The molecule has 0 bridgehead atoms. The summed E-state index contributed by atoms with van der Waals surface area (Å²) in [6.07, 6.45) is 7.69. The first kappa shape index (κ1) is 13.0. The lowest BCUT2D eigenvalue weighted by Crippen LogP contribution is -2.40. The van der Waals surface area contributed by atoms with E-state index in [1.54, 1.807) is 0 Å². The number of H-pyrrole nitrogens is 1. The van der Waals surface area contributed by atoms with E-state index in [0.717, 1.165) is 17.5 Å². The number of nitrogens with zero attached hydrogens (tertiary/aromatic N) is 1. The zero-order chi connectivity index (χ0) is 12.3. The Hall–Kier alpha value is -0.480.